The zero-order chi connectivity index (χ0) is 11.8. The van der Waals surface area contributed by atoms with Crippen LogP contribution in [0.25, 0.3) is 0 Å². The molecule has 0 fully saturated rings. The molecule has 0 aliphatic heterocycles. The molecule has 1 unspecified atom stereocenters. The number of amides is 1. The lowest BCUT2D eigenvalue weighted by Gasteiger charge is -2.23. The van der Waals surface area contributed by atoms with E-state index in [-0.39, 0.29) is 5.91 Å². The number of nitrogens with zero attached hydrogens (tertiary/aromatic N) is 1. The highest BCUT2D eigenvalue weighted by molar-refractivity contribution is 5.75. The Balaban J connectivity index is 3.86. The van der Waals surface area contributed by atoms with Crippen molar-refractivity contribution in [3.8, 4) is 0 Å². The maximum atomic E-state index is 10.9. The average molecular weight is 216 g/mol. The van der Waals surface area contributed by atoms with Gasteiger partial charge >= 0.3 is 5.97 Å². The van der Waals surface area contributed by atoms with Crippen molar-refractivity contribution in [2.24, 2.45) is 0 Å². The molecule has 0 saturated carbocycles. The van der Waals surface area contributed by atoms with Crippen molar-refractivity contribution in [3.05, 3.63) is 0 Å². The third kappa shape index (κ3) is 5.37. The van der Waals surface area contributed by atoms with Crippen molar-refractivity contribution in [2.45, 2.75) is 32.2 Å². The minimum Gasteiger partial charge on any atom is -0.480 e. The maximum absolute atomic E-state index is 10.9. The first-order valence-corrected chi connectivity index (χ1v) is 5.16. The molecule has 2 N–H and O–H groups in total. The van der Waals surface area contributed by atoms with E-state index in [0.717, 1.165) is 0 Å². The predicted molar refractivity (Wildman–Crippen MR) is 57.6 cm³/mol. The third-order valence-corrected chi connectivity index (χ3v) is 2.40. The molecule has 88 valence electrons. The highest BCUT2D eigenvalue weighted by Crippen LogP contribution is 2.03. The molecule has 0 heterocycles. The summed E-state index contributed by atoms with van der Waals surface area (Å²) in [5.74, 6) is -0.813. The van der Waals surface area contributed by atoms with E-state index in [9.17, 15) is 9.59 Å². The molecule has 0 bridgehead atoms. The third-order valence-electron chi connectivity index (χ3n) is 2.40. The van der Waals surface area contributed by atoms with Gasteiger partial charge in [0.15, 0.2) is 0 Å². The van der Waals surface area contributed by atoms with Gasteiger partial charge in [0.25, 0.3) is 0 Å². The largest absolute Gasteiger partial charge is 0.480 e. The normalized spacial score (nSPS) is 12.5. The fourth-order valence-corrected chi connectivity index (χ4v) is 1.44. The number of hydrogen-bond donors (Lipinski definition) is 2. The number of likely N-dealkylation sites (N-methyl/N-ethyl adjacent to an activating group) is 1. The van der Waals surface area contributed by atoms with Crippen LogP contribution in [0.4, 0.5) is 0 Å². The fraction of sp³-hybridized carbons (Fsp3) is 0.800. The number of carboxylic acids is 1. The summed E-state index contributed by atoms with van der Waals surface area (Å²) < 4.78 is 0. The second-order valence-corrected chi connectivity index (χ2v) is 3.52. The Morgan fingerprint density at radius 3 is 2.47 bits per heavy atom. The molecule has 0 aliphatic rings. The van der Waals surface area contributed by atoms with E-state index in [1.807, 2.05) is 6.92 Å². The molecule has 0 aromatic carbocycles. The van der Waals surface area contributed by atoms with E-state index in [0.29, 0.717) is 25.8 Å². The maximum Gasteiger partial charge on any atom is 0.320 e. The molecule has 5 nitrogen and oxygen atoms in total. The van der Waals surface area contributed by atoms with Gasteiger partial charge in [-0.1, -0.05) is 6.92 Å². The summed E-state index contributed by atoms with van der Waals surface area (Å²) in [5, 5.41) is 11.4. The molecular formula is C10H20N2O3. The summed E-state index contributed by atoms with van der Waals surface area (Å²) in [7, 11) is 3.37. The summed E-state index contributed by atoms with van der Waals surface area (Å²) in [6.07, 6.45) is 1.70. The van der Waals surface area contributed by atoms with E-state index in [4.69, 9.17) is 5.11 Å². The standard InChI is InChI=1S/C10H20N2O3/c1-4-8(10(14)15)12(3)7-5-6-9(13)11-2/h8H,4-7H2,1-3H3,(H,11,13)(H,14,15). The second kappa shape index (κ2) is 7.23. The number of carboxylic acid groups (broad SMARTS) is 1. The van der Waals surface area contributed by atoms with Crippen molar-refractivity contribution in [2.75, 3.05) is 20.6 Å². The Hall–Kier alpha value is -1.10. The summed E-state index contributed by atoms with van der Waals surface area (Å²) >= 11 is 0. The highest BCUT2D eigenvalue weighted by atomic mass is 16.4. The summed E-state index contributed by atoms with van der Waals surface area (Å²) in [6.45, 7) is 2.46. The first kappa shape index (κ1) is 13.9. The summed E-state index contributed by atoms with van der Waals surface area (Å²) in [5.41, 5.74) is 0. The smallest absolute Gasteiger partial charge is 0.320 e. The van der Waals surface area contributed by atoms with Gasteiger partial charge in [0.05, 0.1) is 0 Å². The Morgan fingerprint density at radius 2 is 2.07 bits per heavy atom. The molecule has 1 amide bonds. The van der Waals surface area contributed by atoms with E-state index >= 15 is 0 Å². The van der Waals surface area contributed by atoms with Gasteiger partial charge < -0.3 is 10.4 Å². The molecule has 1 atom stereocenters. The van der Waals surface area contributed by atoms with Gasteiger partial charge in [-0.15, -0.1) is 0 Å². The first-order valence-electron chi connectivity index (χ1n) is 5.16. The Bertz CT molecular complexity index is 219. The molecular weight excluding hydrogens is 196 g/mol. The van der Waals surface area contributed by atoms with Crippen molar-refractivity contribution in [1.82, 2.24) is 10.2 Å². The van der Waals surface area contributed by atoms with E-state index in [1.165, 1.54) is 0 Å². The van der Waals surface area contributed by atoms with E-state index in [2.05, 4.69) is 5.32 Å². The SMILES string of the molecule is CCC(C(=O)O)N(C)CCCC(=O)NC. The van der Waals surface area contributed by atoms with Crippen LogP contribution in [-0.4, -0.2) is 48.6 Å². The molecule has 0 saturated heterocycles. The average Bonchev–Trinajstić information content (AvgIpc) is 2.17. The quantitative estimate of drug-likeness (QED) is 0.642. The van der Waals surface area contributed by atoms with E-state index in [1.54, 1.807) is 19.0 Å². The lowest BCUT2D eigenvalue weighted by atomic mass is 10.2. The Kier molecular flexibility index (Phi) is 6.70. The van der Waals surface area contributed by atoms with Crippen LogP contribution >= 0.6 is 0 Å². The van der Waals surface area contributed by atoms with E-state index < -0.39 is 12.0 Å². The Morgan fingerprint density at radius 1 is 1.47 bits per heavy atom. The minimum atomic E-state index is -0.806. The van der Waals surface area contributed by atoms with Crippen LogP contribution in [0.15, 0.2) is 0 Å². The van der Waals surface area contributed by atoms with Crippen LogP contribution in [0, 0.1) is 0 Å². The van der Waals surface area contributed by atoms with Crippen LogP contribution in [0.5, 0.6) is 0 Å². The molecule has 0 aliphatic carbocycles. The molecule has 5 heteroatoms. The van der Waals surface area contributed by atoms with Gasteiger partial charge in [-0.2, -0.15) is 0 Å². The minimum absolute atomic E-state index is 0.00762. The number of carbonyl (C=O) groups excluding carboxylic acids is 1. The number of aliphatic carboxylic acids is 1. The number of nitrogens with one attached hydrogen (secondary N) is 1. The van der Waals surface area contributed by atoms with Crippen LogP contribution in [0.3, 0.4) is 0 Å². The number of carbonyl (C=O) groups is 2. The molecule has 0 aromatic rings. The van der Waals surface area contributed by atoms with Gasteiger partial charge in [-0.05, 0) is 26.4 Å². The molecule has 0 aromatic heterocycles. The van der Waals surface area contributed by atoms with Crippen LogP contribution in [0.2, 0.25) is 0 Å². The van der Waals surface area contributed by atoms with Gasteiger partial charge in [0.2, 0.25) is 5.91 Å². The summed E-state index contributed by atoms with van der Waals surface area (Å²) in [6, 6.07) is -0.449. The highest BCUT2D eigenvalue weighted by Gasteiger charge is 2.19. The zero-order valence-corrected chi connectivity index (χ0v) is 9.62. The van der Waals surface area contributed by atoms with Crippen LogP contribution in [-0.2, 0) is 9.59 Å². The molecule has 0 spiro atoms. The molecule has 0 rings (SSSR count). The zero-order valence-electron chi connectivity index (χ0n) is 9.62. The molecule has 15 heavy (non-hydrogen) atoms. The van der Waals surface area contributed by atoms with Crippen molar-refractivity contribution < 1.29 is 14.7 Å². The van der Waals surface area contributed by atoms with Gasteiger partial charge in [-0.3, -0.25) is 14.5 Å². The van der Waals surface area contributed by atoms with Crippen LogP contribution < -0.4 is 5.32 Å². The van der Waals surface area contributed by atoms with Gasteiger partial charge in [0.1, 0.15) is 6.04 Å². The number of hydrogen-bond acceptors (Lipinski definition) is 3. The number of rotatable bonds is 7. The van der Waals surface area contributed by atoms with Crippen molar-refractivity contribution in [1.29, 1.82) is 0 Å². The topological polar surface area (TPSA) is 69.6 Å². The fourth-order valence-electron chi connectivity index (χ4n) is 1.44. The lowest BCUT2D eigenvalue weighted by molar-refractivity contribution is -0.142. The van der Waals surface area contributed by atoms with Crippen molar-refractivity contribution in [3.63, 3.8) is 0 Å². The second-order valence-electron chi connectivity index (χ2n) is 3.52. The predicted octanol–water partition coefficient (Wildman–Crippen LogP) is 0.308. The van der Waals surface area contributed by atoms with Gasteiger partial charge in [-0.25, -0.2) is 0 Å². The monoisotopic (exact) mass is 216 g/mol. The lowest BCUT2D eigenvalue weighted by Crippen LogP contribution is -2.38. The Labute approximate surface area is 90.5 Å². The first-order chi connectivity index (χ1) is 7.02. The molecule has 0 radical (unpaired) electrons. The van der Waals surface area contributed by atoms with Crippen LogP contribution in [0.1, 0.15) is 26.2 Å². The summed E-state index contributed by atoms with van der Waals surface area (Å²) in [4.78, 5) is 23.5. The van der Waals surface area contributed by atoms with Gasteiger partial charge in [0, 0.05) is 13.5 Å². The van der Waals surface area contributed by atoms with Crippen molar-refractivity contribution >= 4 is 11.9 Å².